The fraction of sp³-hybridized carbons (Fsp3) is 0.533. The molecule has 1 aromatic carbocycles. The molecule has 1 aliphatic carbocycles. The van der Waals surface area contributed by atoms with Crippen LogP contribution < -0.4 is 9.46 Å². The van der Waals surface area contributed by atoms with E-state index in [-0.39, 0.29) is 11.8 Å². The Morgan fingerprint density at radius 1 is 1.36 bits per heavy atom. The first kappa shape index (κ1) is 15.3. The molecule has 1 aromatic rings. The third-order valence-electron chi connectivity index (χ3n) is 4.25. The predicted octanol–water partition coefficient (Wildman–Crippen LogP) is 0.947. The van der Waals surface area contributed by atoms with Gasteiger partial charge in [-0.15, -0.1) is 0 Å². The van der Waals surface area contributed by atoms with Gasteiger partial charge in [-0.1, -0.05) is 12.1 Å². The molecule has 0 atom stereocenters. The van der Waals surface area contributed by atoms with Gasteiger partial charge in [0.1, 0.15) is 5.75 Å². The highest BCUT2D eigenvalue weighted by molar-refractivity contribution is 7.89. The molecule has 1 saturated carbocycles. The first-order chi connectivity index (χ1) is 10.4. The van der Waals surface area contributed by atoms with Crippen LogP contribution in [0.25, 0.3) is 0 Å². The van der Waals surface area contributed by atoms with Gasteiger partial charge in [0, 0.05) is 12.5 Å². The summed E-state index contributed by atoms with van der Waals surface area (Å²) in [4.78, 5) is 10.7. The van der Waals surface area contributed by atoms with Crippen LogP contribution in [0.5, 0.6) is 5.75 Å². The van der Waals surface area contributed by atoms with Crippen LogP contribution in [0, 0.1) is 5.92 Å². The molecule has 22 heavy (non-hydrogen) atoms. The van der Waals surface area contributed by atoms with Crippen molar-refractivity contribution in [3.05, 3.63) is 29.3 Å². The Kier molecular flexibility index (Phi) is 4.10. The summed E-state index contributed by atoms with van der Waals surface area (Å²) >= 11 is 0. The molecule has 0 aromatic heterocycles. The van der Waals surface area contributed by atoms with Gasteiger partial charge in [-0.25, -0.2) is 13.1 Å². The maximum atomic E-state index is 12.0. The Hall–Kier alpha value is -1.60. The number of hydrogen-bond acceptors (Lipinski definition) is 4. The van der Waals surface area contributed by atoms with Gasteiger partial charge in [-0.2, -0.15) is 0 Å². The number of nitrogens with one attached hydrogen (secondary N) is 1. The normalized spacial score (nSPS) is 23.5. The second kappa shape index (κ2) is 5.89. The van der Waals surface area contributed by atoms with Crippen LogP contribution in [0.2, 0.25) is 0 Å². The Morgan fingerprint density at radius 2 is 2.14 bits per heavy atom. The van der Waals surface area contributed by atoms with Crippen molar-refractivity contribution in [1.82, 2.24) is 4.72 Å². The van der Waals surface area contributed by atoms with E-state index in [0.717, 1.165) is 23.3 Å². The maximum absolute atomic E-state index is 12.0. The van der Waals surface area contributed by atoms with Crippen LogP contribution in [-0.2, 0) is 27.7 Å². The minimum atomic E-state index is -3.38. The van der Waals surface area contributed by atoms with Crippen molar-refractivity contribution in [1.29, 1.82) is 0 Å². The molecule has 0 saturated heterocycles. The smallest absolute Gasteiger partial charge is 0.306 e. The molecule has 0 radical (unpaired) electrons. The number of hydrogen-bond donors (Lipinski definition) is 2. The second-order valence-corrected chi connectivity index (χ2v) is 7.80. The quantitative estimate of drug-likeness (QED) is 0.812. The first-order valence-electron chi connectivity index (χ1n) is 7.40. The van der Waals surface area contributed by atoms with E-state index in [1.807, 2.05) is 18.2 Å². The van der Waals surface area contributed by atoms with Crippen molar-refractivity contribution in [2.24, 2.45) is 5.92 Å². The Labute approximate surface area is 129 Å². The molecule has 1 fully saturated rings. The Morgan fingerprint density at radius 3 is 2.86 bits per heavy atom. The number of aliphatic carboxylic acids is 1. The van der Waals surface area contributed by atoms with Gasteiger partial charge in [0.15, 0.2) is 0 Å². The first-order valence-corrected chi connectivity index (χ1v) is 9.05. The van der Waals surface area contributed by atoms with Crippen molar-refractivity contribution in [3.63, 3.8) is 0 Å². The van der Waals surface area contributed by atoms with Gasteiger partial charge in [0.2, 0.25) is 10.0 Å². The van der Waals surface area contributed by atoms with E-state index in [1.54, 1.807) is 0 Å². The number of aryl methyl sites for hydroxylation is 1. The average molecular weight is 325 g/mol. The molecule has 120 valence electrons. The van der Waals surface area contributed by atoms with Crippen molar-refractivity contribution in [2.75, 3.05) is 12.4 Å². The zero-order valence-corrected chi connectivity index (χ0v) is 12.9. The van der Waals surface area contributed by atoms with Gasteiger partial charge in [0.25, 0.3) is 0 Å². The van der Waals surface area contributed by atoms with E-state index in [1.165, 1.54) is 0 Å². The van der Waals surface area contributed by atoms with E-state index in [4.69, 9.17) is 9.84 Å². The lowest BCUT2D eigenvalue weighted by Gasteiger charge is -2.32. The fourth-order valence-electron chi connectivity index (χ4n) is 2.88. The van der Waals surface area contributed by atoms with Crippen LogP contribution in [0.4, 0.5) is 0 Å². The zero-order valence-electron chi connectivity index (χ0n) is 12.1. The molecule has 2 aliphatic rings. The van der Waals surface area contributed by atoms with E-state index >= 15 is 0 Å². The van der Waals surface area contributed by atoms with Gasteiger partial charge in [-0.3, -0.25) is 4.79 Å². The highest BCUT2D eigenvalue weighted by atomic mass is 32.2. The lowest BCUT2D eigenvalue weighted by atomic mass is 9.81. The second-order valence-electron chi connectivity index (χ2n) is 5.93. The van der Waals surface area contributed by atoms with Gasteiger partial charge in [0.05, 0.1) is 18.3 Å². The van der Waals surface area contributed by atoms with Crippen molar-refractivity contribution >= 4 is 16.0 Å². The SMILES string of the molecule is O=C(O)C1CC(NS(=O)(=O)CCc2ccc3c(c2)CCO3)C1. The largest absolute Gasteiger partial charge is 0.493 e. The van der Waals surface area contributed by atoms with Gasteiger partial charge in [-0.05, 0) is 36.5 Å². The van der Waals surface area contributed by atoms with Crippen LogP contribution >= 0.6 is 0 Å². The lowest BCUT2D eigenvalue weighted by molar-refractivity contribution is -0.145. The Bertz CT molecular complexity index is 679. The number of carboxylic acids is 1. The maximum Gasteiger partial charge on any atom is 0.306 e. The number of sulfonamides is 1. The molecular formula is C15H19NO5S. The van der Waals surface area contributed by atoms with Crippen LogP contribution in [0.3, 0.4) is 0 Å². The summed E-state index contributed by atoms with van der Waals surface area (Å²) in [5.74, 6) is -0.361. The number of carbonyl (C=O) groups is 1. The monoisotopic (exact) mass is 325 g/mol. The molecule has 0 amide bonds. The minimum Gasteiger partial charge on any atom is -0.493 e. The summed E-state index contributed by atoms with van der Waals surface area (Å²) in [5, 5.41) is 8.79. The highest BCUT2D eigenvalue weighted by Crippen LogP contribution is 2.28. The molecule has 0 spiro atoms. The topological polar surface area (TPSA) is 92.7 Å². The summed E-state index contributed by atoms with van der Waals surface area (Å²) in [7, 11) is -3.38. The molecule has 2 N–H and O–H groups in total. The van der Waals surface area contributed by atoms with Crippen molar-refractivity contribution in [3.8, 4) is 5.75 Å². The number of ether oxygens (including phenoxy) is 1. The van der Waals surface area contributed by atoms with Gasteiger partial charge < -0.3 is 9.84 Å². The summed E-state index contributed by atoms with van der Waals surface area (Å²) < 4.78 is 32.1. The predicted molar refractivity (Wildman–Crippen MR) is 80.4 cm³/mol. The molecule has 3 rings (SSSR count). The summed E-state index contributed by atoms with van der Waals surface area (Å²) in [6.07, 6.45) is 2.07. The van der Waals surface area contributed by atoms with Crippen LogP contribution in [-0.4, -0.2) is 37.9 Å². The number of benzene rings is 1. The zero-order chi connectivity index (χ0) is 15.7. The molecule has 1 aliphatic heterocycles. The lowest BCUT2D eigenvalue weighted by Crippen LogP contribution is -2.47. The molecular weight excluding hydrogens is 306 g/mol. The van der Waals surface area contributed by atoms with E-state index < -0.39 is 21.9 Å². The van der Waals surface area contributed by atoms with Crippen molar-refractivity contribution in [2.45, 2.75) is 31.7 Å². The third kappa shape index (κ3) is 3.41. The molecule has 0 bridgehead atoms. The van der Waals surface area contributed by atoms with E-state index in [2.05, 4.69) is 4.72 Å². The number of rotatable bonds is 6. The molecule has 6 nitrogen and oxygen atoms in total. The third-order valence-corrected chi connectivity index (χ3v) is 5.68. The van der Waals surface area contributed by atoms with Crippen LogP contribution in [0.1, 0.15) is 24.0 Å². The summed E-state index contributed by atoms with van der Waals surface area (Å²) in [6.45, 7) is 0.686. The number of fused-ring (bicyclic) bond motifs is 1. The molecule has 0 unspecified atom stereocenters. The van der Waals surface area contributed by atoms with Crippen molar-refractivity contribution < 1.29 is 23.1 Å². The van der Waals surface area contributed by atoms with E-state index in [0.29, 0.717) is 25.9 Å². The van der Waals surface area contributed by atoms with E-state index in [9.17, 15) is 13.2 Å². The minimum absolute atomic E-state index is 0.0148. The average Bonchev–Trinajstić information content (AvgIpc) is 2.87. The molecule has 1 heterocycles. The van der Waals surface area contributed by atoms with Gasteiger partial charge >= 0.3 is 5.97 Å². The standard InChI is InChI=1S/C15H19NO5S/c17-15(18)12-8-13(9-12)16-22(19,20)6-4-10-1-2-14-11(7-10)3-5-21-14/h1-2,7,12-13,16H,3-6,8-9H2,(H,17,18). The Balaban J connectivity index is 1.51. The summed E-state index contributed by atoms with van der Waals surface area (Å²) in [6, 6.07) is 5.55. The highest BCUT2D eigenvalue weighted by Gasteiger charge is 2.36. The number of carboxylic acid groups (broad SMARTS) is 1. The fourth-order valence-corrected chi connectivity index (χ4v) is 4.20. The van der Waals surface area contributed by atoms with Crippen LogP contribution in [0.15, 0.2) is 18.2 Å². The summed E-state index contributed by atoms with van der Waals surface area (Å²) in [5.41, 5.74) is 2.11. The molecule has 7 heteroatoms.